The molecule has 0 radical (unpaired) electrons. The van der Waals surface area contributed by atoms with Gasteiger partial charge in [0.25, 0.3) is 11.7 Å². The van der Waals surface area contributed by atoms with Gasteiger partial charge in [0, 0.05) is 49.4 Å². The number of hydrogen-bond donors (Lipinski definition) is 2. The van der Waals surface area contributed by atoms with Crippen LogP contribution in [0.3, 0.4) is 0 Å². The second-order valence-electron chi connectivity index (χ2n) is 9.69. The van der Waals surface area contributed by atoms with Gasteiger partial charge in [-0.2, -0.15) is 4.98 Å². The molecule has 8 nitrogen and oxygen atoms in total. The molecule has 0 bridgehead atoms. The minimum Gasteiger partial charge on any atom is -0.367 e. The third-order valence-corrected chi connectivity index (χ3v) is 5.87. The van der Waals surface area contributed by atoms with Crippen molar-refractivity contribution in [1.82, 2.24) is 25.8 Å². The molecule has 2 N–H and O–H groups in total. The van der Waals surface area contributed by atoms with Crippen LogP contribution >= 0.6 is 0 Å². The summed E-state index contributed by atoms with van der Waals surface area (Å²) in [6, 6.07) is 8.84. The number of pyridine rings is 1. The monoisotopic (exact) mass is 448 g/mol. The number of carbonyl (C=O) groups is 1. The maximum Gasteiger partial charge on any atom is 0.292 e. The van der Waals surface area contributed by atoms with E-state index in [1.807, 2.05) is 33.2 Å². The van der Waals surface area contributed by atoms with E-state index >= 15 is 0 Å². The molecular weight excluding hydrogens is 416 g/mol. The summed E-state index contributed by atoms with van der Waals surface area (Å²) in [5.74, 6) is 0.156. The van der Waals surface area contributed by atoms with Crippen molar-refractivity contribution >= 4 is 11.6 Å². The van der Waals surface area contributed by atoms with Gasteiger partial charge in [0.1, 0.15) is 0 Å². The molecule has 2 aromatic heterocycles. The predicted molar refractivity (Wildman–Crippen MR) is 128 cm³/mol. The van der Waals surface area contributed by atoms with Gasteiger partial charge in [0.15, 0.2) is 0 Å². The van der Waals surface area contributed by atoms with E-state index in [-0.39, 0.29) is 17.1 Å². The second-order valence-corrected chi connectivity index (χ2v) is 9.69. The number of rotatable bonds is 5. The first-order valence-electron chi connectivity index (χ1n) is 11.4. The number of nitrogens with zero attached hydrogens (tertiary/aromatic N) is 4. The van der Waals surface area contributed by atoms with Gasteiger partial charge >= 0.3 is 0 Å². The third-order valence-electron chi connectivity index (χ3n) is 5.87. The van der Waals surface area contributed by atoms with E-state index in [0.29, 0.717) is 18.5 Å². The average molecular weight is 449 g/mol. The maximum atomic E-state index is 12.5. The molecule has 0 spiro atoms. The molecule has 1 atom stereocenters. The highest BCUT2D eigenvalue weighted by Crippen LogP contribution is 2.32. The zero-order valence-corrected chi connectivity index (χ0v) is 20.0. The average Bonchev–Trinajstić information content (AvgIpc) is 3.29. The van der Waals surface area contributed by atoms with E-state index in [1.54, 1.807) is 0 Å². The van der Waals surface area contributed by atoms with Crippen molar-refractivity contribution in [1.29, 1.82) is 0 Å². The fourth-order valence-corrected chi connectivity index (χ4v) is 3.97. The van der Waals surface area contributed by atoms with Crippen LogP contribution in [0.4, 0.5) is 5.69 Å². The topological polar surface area (TPSA) is 96.2 Å². The summed E-state index contributed by atoms with van der Waals surface area (Å²) < 4.78 is 5.22. The number of benzene rings is 1. The third kappa shape index (κ3) is 5.22. The molecule has 4 rings (SSSR count). The lowest BCUT2D eigenvalue weighted by Gasteiger charge is -2.34. The molecular formula is C25H32N6O2. The van der Waals surface area contributed by atoms with E-state index < -0.39 is 0 Å². The Bertz CT molecular complexity index is 1130. The normalized spacial score (nSPS) is 16.6. The van der Waals surface area contributed by atoms with Gasteiger partial charge in [-0.25, -0.2) is 0 Å². The summed E-state index contributed by atoms with van der Waals surface area (Å²) in [4.78, 5) is 23.5. The molecule has 1 amide bonds. The summed E-state index contributed by atoms with van der Waals surface area (Å²) in [6.07, 6.45) is 3.79. The highest BCUT2D eigenvalue weighted by atomic mass is 16.5. The van der Waals surface area contributed by atoms with Crippen molar-refractivity contribution in [2.24, 2.45) is 0 Å². The van der Waals surface area contributed by atoms with Gasteiger partial charge in [-0.05, 0) is 36.6 Å². The number of aromatic nitrogens is 3. The van der Waals surface area contributed by atoms with Crippen LogP contribution in [0.25, 0.3) is 11.1 Å². The first kappa shape index (κ1) is 22.9. The van der Waals surface area contributed by atoms with Crippen molar-refractivity contribution < 1.29 is 9.32 Å². The first-order chi connectivity index (χ1) is 15.7. The number of nitrogens with one attached hydrogen (secondary N) is 2. The summed E-state index contributed by atoms with van der Waals surface area (Å²) in [6.45, 7) is 13.4. The Morgan fingerprint density at radius 1 is 1.30 bits per heavy atom. The molecule has 3 aromatic rings. The van der Waals surface area contributed by atoms with Crippen molar-refractivity contribution in [2.75, 3.05) is 24.5 Å². The van der Waals surface area contributed by atoms with E-state index in [9.17, 15) is 4.79 Å². The van der Waals surface area contributed by atoms with Gasteiger partial charge in [0.05, 0.1) is 11.9 Å². The van der Waals surface area contributed by atoms with Crippen molar-refractivity contribution in [2.45, 2.75) is 52.6 Å². The largest absolute Gasteiger partial charge is 0.367 e. The smallest absolute Gasteiger partial charge is 0.292 e. The molecule has 1 aliphatic heterocycles. The van der Waals surface area contributed by atoms with E-state index in [4.69, 9.17) is 4.52 Å². The number of anilines is 1. The molecule has 33 heavy (non-hydrogen) atoms. The minimum absolute atomic E-state index is 0.0564. The van der Waals surface area contributed by atoms with Crippen LogP contribution < -0.4 is 15.5 Å². The van der Waals surface area contributed by atoms with Crippen LogP contribution in [-0.2, 0) is 12.0 Å². The Labute approximate surface area is 194 Å². The zero-order valence-electron chi connectivity index (χ0n) is 20.0. The van der Waals surface area contributed by atoms with Gasteiger partial charge in [-0.3, -0.25) is 9.78 Å². The van der Waals surface area contributed by atoms with Gasteiger partial charge in [-0.15, -0.1) is 0 Å². The lowest BCUT2D eigenvalue weighted by Crippen LogP contribution is -2.49. The molecule has 3 heterocycles. The number of carbonyl (C=O) groups excluding carboxylic acids is 1. The standard InChI is InChI=1S/C25H32N6O2/c1-16-12-18(20-8-9-26-14-21(20)31-11-10-27-17(2)15-31)6-7-19(16)13-28-23(32)22-29-24(33-30-22)25(3,4)5/h6-9,12,14,17,27H,10-11,13,15H2,1-5H3,(H,28,32). The van der Waals surface area contributed by atoms with Crippen molar-refractivity contribution in [3.63, 3.8) is 0 Å². The molecule has 1 aliphatic rings. The van der Waals surface area contributed by atoms with Gasteiger partial charge in [0.2, 0.25) is 5.89 Å². The fraction of sp³-hybridized carbons (Fsp3) is 0.440. The summed E-state index contributed by atoms with van der Waals surface area (Å²) in [5, 5.41) is 10.2. The lowest BCUT2D eigenvalue weighted by molar-refractivity contribution is 0.0937. The summed E-state index contributed by atoms with van der Waals surface area (Å²) in [7, 11) is 0. The summed E-state index contributed by atoms with van der Waals surface area (Å²) >= 11 is 0. The number of aryl methyl sites for hydroxylation is 1. The van der Waals surface area contributed by atoms with E-state index in [1.165, 1.54) is 5.56 Å². The van der Waals surface area contributed by atoms with E-state index in [2.05, 4.69) is 68.8 Å². The Morgan fingerprint density at radius 3 is 2.82 bits per heavy atom. The maximum absolute atomic E-state index is 12.5. The molecule has 1 saturated heterocycles. The van der Waals surface area contributed by atoms with Gasteiger partial charge in [-0.1, -0.05) is 44.1 Å². The summed E-state index contributed by atoms with van der Waals surface area (Å²) in [5.41, 5.74) is 5.30. The van der Waals surface area contributed by atoms with Crippen LogP contribution in [0.2, 0.25) is 0 Å². The Morgan fingerprint density at radius 2 is 2.12 bits per heavy atom. The van der Waals surface area contributed by atoms with Crippen molar-refractivity contribution in [3.8, 4) is 11.1 Å². The highest BCUT2D eigenvalue weighted by molar-refractivity contribution is 5.90. The predicted octanol–water partition coefficient (Wildman–Crippen LogP) is 3.47. The first-order valence-corrected chi connectivity index (χ1v) is 11.4. The Balaban J connectivity index is 1.48. The fourth-order valence-electron chi connectivity index (χ4n) is 3.97. The molecule has 0 saturated carbocycles. The minimum atomic E-state index is -0.345. The van der Waals surface area contributed by atoms with Crippen LogP contribution in [0.5, 0.6) is 0 Å². The highest BCUT2D eigenvalue weighted by Gasteiger charge is 2.24. The Hall–Kier alpha value is -3.26. The van der Waals surface area contributed by atoms with Crippen LogP contribution in [-0.4, -0.2) is 46.7 Å². The molecule has 174 valence electrons. The van der Waals surface area contributed by atoms with Gasteiger partial charge < -0.3 is 20.1 Å². The van der Waals surface area contributed by atoms with Crippen LogP contribution in [0.15, 0.2) is 41.2 Å². The SMILES string of the molecule is Cc1cc(-c2ccncc2N2CCNC(C)C2)ccc1CNC(=O)c1noc(C(C)(C)C)n1. The second kappa shape index (κ2) is 9.31. The molecule has 0 aliphatic carbocycles. The molecule has 1 aromatic carbocycles. The number of hydrogen-bond acceptors (Lipinski definition) is 7. The quantitative estimate of drug-likeness (QED) is 0.617. The molecule has 1 unspecified atom stereocenters. The molecule has 1 fully saturated rings. The van der Waals surface area contributed by atoms with E-state index in [0.717, 1.165) is 42.0 Å². The Kier molecular flexibility index (Phi) is 6.47. The number of amides is 1. The van der Waals surface area contributed by atoms with Crippen LogP contribution in [0.1, 0.15) is 55.3 Å². The van der Waals surface area contributed by atoms with Crippen LogP contribution in [0, 0.1) is 6.92 Å². The number of piperazine rings is 1. The zero-order chi connectivity index (χ0) is 23.6. The van der Waals surface area contributed by atoms with Crippen molar-refractivity contribution in [3.05, 3.63) is 59.5 Å². The molecule has 8 heteroatoms. The lowest BCUT2D eigenvalue weighted by atomic mass is 9.97.